The molecule has 0 bridgehead atoms. The first-order valence-corrected chi connectivity index (χ1v) is 15.0. The molecule has 38 heavy (non-hydrogen) atoms. The molecule has 197 valence electrons. The number of aromatic amines is 2. The van der Waals surface area contributed by atoms with Gasteiger partial charge in [-0.25, -0.2) is 0 Å². The molecule has 0 unspecified atom stereocenters. The standard InChI is InChI=1S/C29H32AsN4O4/c1-3-22(35)12-8-5-9-13-25(29-31-18-27(33-29)20-10-6-4-7-11-20)30-28(36)17-23-19(2)32-26-15-14-21(34(37)38)16-24(23)26/h4,6-7,10-11,14-16,18,25,32H,3,5,8-9,12-13,17H2,1-2H3,(H,31,33)/t25-/m0/s1. The van der Waals surface area contributed by atoms with E-state index in [1.54, 1.807) is 12.1 Å². The number of carbonyl (C=O) groups is 2. The van der Waals surface area contributed by atoms with E-state index in [-0.39, 0.29) is 27.2 Å². The number of aryl methyl sites for hydroxylation is 1. The summed E-state index contributed by atoms with van der Waals surface area (Å²) in [6.07, 6.45) is 6.80. The van der Waals surface area contributed by atoms with E-state index in [0.29, 0.717) is 12.8 Å². The molecule has 0 amide bonds. The van der Waals surface area contributed by atoms with Crippen LogP contribution in [0.3, 0.4) is 0 Å². The zero-order valence-electron chi connectivity index (χ0n) is 21.7. The molecule has 8 nitrogen and oxygen atoms in total. The maximum atomic E-state index is 13.4. The van der Waals surface area contributed by atoms with E-state index >= 15 is 0 Å². The van der Waals surface area contributed by atoms with E-state index < -0.39 is 20.7 Å². The summed E-state index contributed by atoms with van der Waals surface area (Å²) in [7, 11) is 0. The van der Waals surface area contributed by atoms with Gasteiger partial charge in [-0.2, -0.15) is 0 Å². The van der Waals surface area contributed by atoms with Crippen LogP contribution in [0, 0.1) is 17.0 Å². The molecule has 1 radical (unpaired) electrons. The fourth-order valence-corrected chi connectivity index (χ4v) is 7.07. The Hall–Kier alpha value is -3.51. The number of unbranched alkanes of at least 4 members (excludes halogenated alkanes) is 2. The van der Waals surface area contributed by atoms with E-state index in [4.69, 9.17) is 0 Å². The molecule has 2 N–H and O–H groups in total. The Labute approximate surface area is 228 Å². The minimum absolute atomic E-state index is 0.0120. The Morgan fingerprint density at radius 1 is 1.08 bits per heavy atom. The average molecular weight is 576 g/mol. The van der Waals surface area contributed by atoms with E-state index in [1.165, 1.54) is 6.07 Å². The summed E-state index contributed by atoms with van der Waals surface area (Å²) in [4.78, 5) is 47.3. The van der Waals surface area contributed by atoms with Gasteiger partial charge in [0.2, 0.25) is 0 Å². The zero-order chi connectivity index (χ0) is 27.1. The van der Waals surface area contributed by atoms with Gasteiger partial charge in [0.05, 0.1) is 0 Å². The average Bonchev–Trinajstić information content (AvgIpc) is 3.53. The molecule has 0 fully saturated rings. The van der Waals surface area contributed by atoms with Gasteiger partial charge in [0.25, 0.3) is 0 Å². The van der Waals surface area contributed by atoms with Crippen molar-refractivity contribution in [1.82, 2.24) is 15.0 Å². The third-order valence-corrected chi connectivity index (χ3v) is 9.41. The van der Waals surface area contributed by atoms with Gasteiger partial charge in [-0.05, 0) is 0 Å². The third kappa shape index (κ3) is 6.87. The number of nitrogens with zero attached hydrogens (tertiary/aromatic N) is 2. The Morgan fingerprint density at radius 2 is 1.87 bits per heavy atom. The molecule has 0 aliphatic rings. The minimum atomic E-state index is -0.739. The molecule has 0 spiro atoms. The SMILES string of the molecule is CCC(=O)CCCCC[C@H]([As]C(=O)Cc1c(C)[nH]c2ccc([N+](=O)[O-])cc12)c1ncc(-c2ccccc2)[nH]1. The van der Waals surface area contributed by atoms with Crippen molar-refractivity contribution in [1.29, 1.82) is 0 Å². The number of nitrogens with one attached hydrogen (secondary N) is 2. The molecule has 0 aliphatic carbocycles. The Balaban J connectivity index is 1.50. The molecule has 0 aliphatic heterocycles. The van der Waals surface area contributed by atoms with Gasteiger partial charge in [0.15, 0.2) is 0 Å². The number of benzene rings is 2. The first kappa shape index (κ1) is 27.5. The van der Waals surface area contributed by atoms with Gasteiger partial charge in [0, 0.05) is 0 Å². The Morgan fingerprint density at radius 3 is 2.61 bits per heavy atom. The van der Waals surface area contributed by atoms with E-state index in [2.05, 4.69) is 15.0 Å². The van der Waals surface area contributed by atoms with E-state index in [1.807, 2.05) is 50.4 Å². The predicted octanol–water partition coefficient (Wildman–Crippen LogP) is 6.22. The summed E-state index contributed by atoms with van der Waals surface area (Å²) >= 11 is -0.739. The third-order valence-electron chi connectivity index (χ3n) is 6.77. The number of nitro benzene ring substituents is 1. The van der Waals surface area contributed by atoms with Gasteiger partial charge in [-0.15, -0.1) is 0 Å². The second-order valence-electron chi connectivity index (χ2n) is 9.47. The van der Waals surface area contributed by atoms with Crippen LogP contribution in [0.5, 0.6) is 0 Å². The van der Waals surface area contributed by atoms with Gasteiger partial charge in [-0.1, -0.05) is 0 Å². The summed E-state index contributed by atoms with van der Waals surface area (Å²) in [6, 6.07) is 14.7. The van der Waals surface area contributed by atoms with Crippen LogP contribution in [-0.2, 0) is 16.0 Å². The van der Waals surface area contributed by atoms with E-state index in [9.17, 15) is 19.7 Å². The van der Waals surface area contributed by atoms with Gasteiger partial charge >= 0.3 is 229 Å². The number of rotatable bonds is 14. The van der Waals surface area contributed by atoms with Gasteiger partial charge < -0.3 is 0 Å². The molecule has 4 aromatic rings. The van der Waals surface area contributed by atoms with Crippen molar-refractivity contribution in [2.24, 2.45) is 0 Å². The van der Waals surface area contributed by atoms with Crippen LogP contribution >= 0.6 is 0 Å². The first-order valence-electron chi connectivity index (χ1n) is 13.0. The molecule has 4 rings (SSSR count). The number of ketones is 1. The zero-order valence-corrected chi connectivity index (χ0v) is 23.6. The van der Waals surface area contributed by atoms with Crippen molar-refractivity contribution in [2.75, 3.05) is 0 Å². The van der Waals surface area contributed by atoms with Gasteiger partial charge in [0.1, 0.15) is 0 Å². The van der Waals surface area contributed by atoms with Crippen molar-refractivity contribution in [3.8, 4) is 11.3 Å². The number of carbonyl (C=O) groups excluding carboxylic acids is 2. The van der Waals surface area contributed by atoms with Crippen LogP contribution < -0.4 is 0 Å². The fourth-order valence-electron chi connectivity index (χ4n) is 4.63. The summed E-state index contributed by atoms with van der Waals surface area (Å²) < 4.78 is 0.165. The van der Waals surface area contributed by atoms with Gasteiger partial charge in [-0.3, -0.25) is 0 Å². The van der Waals surface area contributed by atoms with Crippen molar-refractivity contribution >= 4 is 42.7 Å². The molecule has 2 heterocycles. The quantitative estimate of drug-likeness (QED) is 0.0800. The number of hydrogen-bond acceptors (Lipinski definition) is 5. The topological polar surface area (TPSA) is 122 Å². The number of nitro groups is 1. The summed E-state index contributed by atoms with van der Waals surface area (Å²) in [5, 5.41) is 12.0. The summed E-state index contributed by atoms with van der Waals surface area (Å²) in [5.41, 5.74) is 4.46. The van der Waals surface area contributed by atoms with E-state index in [0.717, 1.165) is 64.9 Å². The number of H-pyrrole nitrogens is 2. The molecular formula is C29H32AsN4O4. The van der Waals surface area contributed by atoms with Crippen LogP contribution in [0.1, 0.15) is 67.2 Å². The van der Waals surface area contributed by atoms with Crippen LogP contribution in [0.25, 0.3) is 22.2 Å². The Kier molecular flexibility index (Phi) is 9.29. The van der Waals surface area contributed by atoms with Crippen molar-refractivity contribution in [2.45, 2.75) is 63.5 Å². The maximum absolute atomic E-state index is 13.4. The number of Topliss-reactive ketones (excluding diaryl/α,β-unsaturated/α-hetero) is 1. The van der Waals surface area contributed by atoms with Crippen molar-refractivity contribution < 1.29 is 14.5 Å². The van der Waals surface area contributed by atoms with Crippen LogP contribution in [0.2, 0.25) is 0 Å². The predicted molar refractivity (Wildman–Crippen MR) is 149 cm³/mol. The molecular weight excluding hydrogens is 543 g/mol. The summed E-state index contributed by atoms with van der Waals surface area (Å²) in [5.74, 6) is 1.11. The second-order valence-corrected chi connectivity index (χ2v) is 12.4. The number of hydrogen-bond donors (Lipinski definition) is 2. The van der Waals surface area contributed by atoms with Crippen LogP contribution in [0.4, 0.5) is 5.69 Å². The molecule has 0 saturated carbocycles. The monoisotopic (exact) mass is 575 g/mol. The van der Waals surface area contributed by atoms with Crippen molar-refractivity contribution in [3.63, 3.8) is 0 Å². The molecule has 9 heteroatoms. The Bertz CT molecular complexity index is 1430. The summed E-state index contributed by atoms with van der Waals surface area (Å²) in [6.45, 7) is 3.79. The molecule has 2 aromatic carbocycles. The fraction of sp³-hybridized carbons (Fsp3) is 0.345. The van der Waals surface area contributed by atoms with Crippen LogP contribution in [-0.4, -0.2) is 46.0 Å². The molecule has 2 aromatic heterocycles. The number of fused-ring (bicyclic) bond motifs is 1. The second kappa shape index (κ2) is 12.8. The first-order chi connectivity index (χ1) is 18.4. The normalized spacial score (nSPS) is 12.4. The number of aromatic nitrogens is 3. The van der Waals surface area contributed by atoms with Crippen molar-refractivity contribution in [3.05, 3.63) is 81.9 Å². The number of non-ortho nitro benzene ring substituents is 1. The number of imidazole rings is 1. The molecule has 0 saturated heterocycles. The molecule has 1 atom stereocenters. The van der Waals surface area contributed by atoms with Crippen LogP contribution in [0.15, 0.2) is 54.7 Å².